The van der Waals surface area contributed by atoms with Gasteiger partial charge in [-0.05, 0) is 36.1 Å². The molecule has 1 fully saturated rings. The average molecular weight is 277 g/mol. The second kappa shape index (κ2) is 4.43. The van der Waals surface area contributed by atoms with Gasteiger partial charge < -0.3 is 10.3 Å². The summed E-state index contributed by atoms with van der Waals surface area (Å²) < 4.78 is 2.25. The third kappa shape index (κ3) is 1.81. The van der Waals surface area contributed by atoms with Crippen LogP contribution in [0.15, 0.2) is 48.5 Å². The van der Waals surface area contributed by atoms with Crippen LogP contribution >= 0.6 is 0 Å². The van der Waals surface area contributed by atoms with Crippen molar-refractivity contribution >= 4 is 11.0 Å². The van der Waals surface area contributed by atoms with Gasteiger partial charge in [0.1, 0.15) is 5.82 Å². The summed E-state index contributed by atoms with van der Waals surface area (Å²) >= 11 is 0. The average Bonchev–Trinajstić information content (AvgIpc) is 3.28. The summed E-state index contributed by atoms with van der Waals surface area (Å²) in [6.07, 6.45) is 2.36. The molecule has 1 aliphatic carbocycles. The molecular formula is C18H19N3. The van der Waals surface area contributed by atoms with Crippen LogP contribution in [-0.4, -0.2) is 9.55 Å². The molecule has 21 heavy (non-hydrogen) atoms. The lowest BCUT2D eigenvalue weighted by Gasteiger charge is -2.15. The van der Waals surface area contributed by atoms with Crippen LogP contribution in [0.2, 0.25) is 0 Å². The molecule has 0 unspecified atom stereocenters. The first-order chi connectivity index (χ1) is 10.2. The second-order valence-corrected chi connectivity index (χ2v) is 5.97. The van der Waals surface area contributed by atoms with Gasteiger partial charge in [-0.2, -0.15) is 0 Å². The zero-order chi connectivity index (χ0) is 14.4. The molecule has 106 valence electrons. The smallest absolute Gasteiger partial charge is 0.120 e. The van der Waals surface area contributed by atoms with Crippen LogP contribution in [0.1, 0.15) is 29.8 Å². The standard InChI is InChI=1S/C18H19N3/c1-21-16-8-7-13(12-19)11-15(16)20-17(21)18(9-10-18)14-5-3-2-4-6-14/h2-8,11H,9-10,12,19H2,1H3. The van der Waals surface area contributed by atoms with Crippen molar-refractivity contribution in [2.45, 2.75) is 24.8 Å². The highest BCUT2D eigenvalue weighted by atomic mass is 15.1. The van der Waals surface area contributed by atoms with Crippen LogP contribution in [0.5, 0.6) is 0 Å². The van der Waals surface area contributed by atoms with Crippen molar-refractivity contribution in [2.24, 2.45) is 12.8 Å². The Hall–Kier alpha value is -2.13. The first kappa shape index (κ1) is 12.6. The number of aromatic nitrogens is 2. The number of aryl methyl sites for hydroxylation is 1. The Morgan fingerprint density at radius 1 is 1.14 bits per heavy atom. The van der Waals surface area contributed by atoms with Crippen LogP contribution in [0, 0.1) is 0 Å². The number of benzene rings is 2. The van der Waals surface area contributed by atoms with E-state index in [2.05, 4.69) is 60.1 Å². The molecule has 1 heterocycles. The molecule has 2 aromatic carbocycles. The van der Waals surface area contributed by atoms with Gasteiger partial charge in [0.05, 0.1) is 16.4 Å². The molecule has 0 bridgehead atoms. The van der Waals surface area contributed by atoms with Crippen LogP contribution in [0.4, 0.5) is 0 Å². The van der Waals surface area contributed by atoms with Crippen LogP contribution < -0.4 is 5.73 Å². The number of hydrogen-bond acceptors (Lipinski definition) is 2. The van der Waals surface area contributed by atoms with Crippen molar-refractivity contribution in [2.75, 3.05) is 0 Å². The Morgan fingerprint density at radius 3 is 2.57 bits per heavy atom. The minimum atomic E-state index is 0.109. The molecule has 3 aromatic rings. The summed E-state index contributed by atoms with van der Waals surface area (Å²) in [5.41, 5.74) is 10.6. The van der Waals surface area contributed by atoms with Gasteiger partial charge >= 0.3 is 0 Å². The predicted octanol–water partition coefficient (Wildman–Crippen LogP) is 3.11. The van der Waals surface area contributed by atoms with Crippen molar-refractivity contribution in [3.63, 3.8) is 0 Å². The minimum Gasteiger partial charge on any atom is -0.330 e. The molecule has 1 aliphatic rings. The van der Waals surface area contributed by atoms with E-state index in [0.717, 1.165) is 11.1 Å². The van der Waals surface area contributed by atoms with Gasteiger partial charge in [0.2, 0.25) is 0 Å². The third-order valence-electron chi connectivity index (χ3n) is 4.69. The number of nitrogens with zero attached hydrogens (tertiary/aromatic N) is 2. The maximum Gasteiger partial charge on any atom is 0.120 e. The molecule has 2 N–H and O–H groups in total. The van der Waals surface area contributed by atoms with Gasteiger partial charge in [-0.3, -0.25) is 0 Å². The number of imidazole rings is 1. The maximum atomic E-state index is 5.74. The monoisotopic (exact) mass is 277 g/mol. The lowest BCUT2D eigenvalue weighted by Crippen LogP contribution is -2.14. The molecule has 0 spiro atoms. The van der Waals surface area contributed by atoms with Gasteiger partial charge in [-0.15, -0.1) is 0 Å². The van der Waals surface area contributed by atoms with Crippen LogP contribution in [-0.2, 0) is 19.0 Å². The van der Waals surface area contributed by atoms with E-state index in [1.54, 1.807) is 0 Å². The first-order valence-electron chi connectivity index (χ1n) is 7.46. The molecule has 0 radical (unpaired) electrons. The molecule has 3 heteroatoms. The van der Waals surface area contributed by atoms with E-state index in [1.807, 2.05) is 0 Å². The summed E-state index contributed by atoms with van der Waals surface area (Å²) in [6, 6.07) is 17.1. The lowest BCUT2D eigenvalue weighted by molar-refractivity contribution is 0.705. The molecular weight excluding hydrogens is 258 g/mol. The highest BCUT2D eigenvalue weighted by Crippen LogP contribution is 2.53. The quantitative estimate of drug-likeness (QED) is 0.799. The molecule has 0 amide bonds. The molecule has 1 aromatic heterocycles. The maximum absolute atomic E-state index is 5.74. The third-order valence-corrected chi connectivity index (χ3v) is 4.69. The Balaban J connectivity index is 1.89. The summed E-state index contributed by atoms with van der Waals surface area (Å²) in [4.78, 5) is 4.94. The van der Waals surface area contributed by atoms with E-state index >= 15 is 0 Å². The van der Waals surface area contributed by atoms with E-state index in [0.29, 0.717) is 6.54 Å². The van der Waals surface area contributed by atoms with Gasteiger partial charge in [0, 0.05) is 13.6 Å². The SMILES string of the molecule is Cn1c(C2(c3ccccc3)CC2)nc2cc(CN)ccc21. The molecule has 0 aliphatic heterocycles. The Labute approximate surface area is 124 Å². The number of nitrogens with two attached hydrogens (primary N) is 1. The van der Waals surface area contributed by atoms with E-state index in [-0.39, 0.29) is 5.41 Å². The normalized spacial score (nSPS) is 16.3. The summed E-state index contributed by atoms with van der Waals surface area (Å²) in [5, 5.41) is 0. The Bertz CT molecular complexity index is 798. The summed E-state index contributed by atoms with van der Waals surface area (Å²) in [6.45, 7) is 0.561. The summed E-state index contributed by atoms with van der Waals surface area (Å²) in [7, 11) is 2.12. The van der Waals surface area contributed by atoms with E-state index < -0.39 is 0 Å². The topological polar surface area (TPSA) is 43.8 Å². The van der Waals surface area contributed by atoms with Gasteiger partial charge in [-0.1, -0.05) is 36.4 Å². The fourth-order valence-corrected chi connectivity index (χ4v) is 3.32. The number of hydrogen-bond donors (Lipinski definition) is 1. The molecule has 3 nitrogen and oxygen atoms in total. The lowest BCUT2D eigenvalue weighted by atomic mass is 9.95. The number of rotatable bonds is 3. The van der Waals surface area contributed by atoms with Gasteiger partial charge in [0.25, 0.3) is 0 Å². The van der Waals surface area contributed by atoms with E-state index in [1.165, 1.54) is 29.7 Å². The first-order valence-corrected chi connectivity index (χ1v) is 7.46. The zero-order valence-electron chi connectivity index (χ0n) is 12.2. The van der Waals surface area contributed by atoms with Crippen molar-refractivity contribution < 1.29 is 0 Å². The second-order valence-electron chi connectivity index (χ2n) is 5.97. The van der Waals surface area contributed by atoms with E-state index in [9.17, 15) is 0 Å². The van der Waals surface area contributed by atoms with Crippen molar-refractivity contribution in [1.29, 1.82) is 0 Å². The van der Waals surface area contributed by atoms with Crippen molar-refractivity contribution in [3.05, 3.63) is 65.5 Å². The largest absolute Gasteiger partial charge is 0.330 e. The fraction of sp³-hybridized carbons (Fsp3) is 0.278. The molecule has 0 saturated heterocycles. The Morgan fingerprint density at radius 2 is 1.90 bits per heavy atom. The van der Waals surface area contributed by atoms with Crippen LogP contribution in [0.25, 0.3) is 11.0 Å². The number of fused-ring (bicyclic) bond motifs is 1. The van der Waals surface area contributed by atoms with Gasteiger partial charge in [-0.25, -0.2) is 4.98 Å². The summed E-state index contributed by atoms with van der Waals surface area (Å²) in [5.74, 6) is 1.18. The molecule has 1 saturated carbocycles. The Kier molecular flexibility index (Phi) is 2.66. The fourth-order valence-electron chi connectivity index (χ4n) is 3.32. The van der Waals surface area contributed by atoms with E-state index in [4.69, 9.17) is 10.7 Å². The van der Waals surface area contributed by atoms with Crippen LogP contribution in [0.3, 0.4) is 0 Å². The van der Waals surface area contributed by atoms with Crippen molar-refractivity contribution in [3.8, 4) is 0 Å². The predicted molar refractivity (Wildman–Crippen MR) is 85.1 cm³/mol. The molecule has 0 atom stereocenters. The van der Waals surface area contributed by atoms with Crippen molar-refractivity contribution in [1.82, 2.24) is 9.55 Å². The molecule has 4 rings (SSSR count). The highest BCUT2D eigenvalue weighted by Gasteiger charge is 2.49. The van der Waals surface area contributed by atoms with Gasteiger partial charge in [0.15, 0.2) is 0 Å². The highest BCUT2D eigenvalue weighted by molar-refractivity contribution is 5.77. The zero-order valence-corrected chi connectivity index (χ0v) is 12.2. The minimum absolute atomic E-state index is 0.109.